The van der Waals surface area contributed by atoms with Crippen LogP contribution in [0.15, 0.2) is 36.9 Å². The molecule has 2 atom stereocenters. The van der Waals surface area contributed by atoms with Gasteiger partial charge in [0.1, 0.15) is 18.1 Å². The summed E-state index contributed by atoms with van der Waals surface area (Å²) in [6, 6.07) is 7.81. The summed E-state index contributed by atoms with van der Waals surface area (Å²) < 4.78 is 10.5. The van der Waals surface area contributed by atoms with E-state index in [1.54, 1.807) is 18.3 Å². The lowest BCUT2D eigenvalue weighted by molar-refractivity contribution is -0.00192. The van der Waals surface area contributed by atoms with Crippen LogP contribution in [0.1, 0.15) is 51.8 Å². The van der Waals surface area contributed by atoms with E-state index in [2.05, 4.69) is 69.1 Å². The van der Waals surface area contributed by atoms with E-state index < -0.39 is 0 Å². The van der Waals surface area contributed by atoms with Crippen molar-refractivity contribution in [3.05, 3.63) is 42.5 Å². The lowest BCUT2D eigenvalue weighted by Gasteiger charge is -2.23. The minimum Gasteiger partial charge on any atom is -0.382 e. The molecule has 0 radical (unpaired) electrons. The molecule has 0 bridgehead atoms. The minimum absolute atomic E-state index is 0.0890. The van der Waals surface area contributed by atoms with Gasteiger partial charge in [0, 0.05) is 25.3 Å². The molecule has 3 heterocycles. The fourth-order valence-electron chi connectivity index (χ4n) is 4.28. The number of fused-ring (bicyclic) bond motifs is 1. The molecular formula is C25H36N8O2S. The maximum Gasteiger partial charge on any atom is 0.319 e. The number of carbonyl (C=O) groups is 1. The van der Waals surface area contributed by atoms with Gasteiger partial charge in [-0.25, -0.2) is 24.1 Å². The van der Waals surface area contributed by atoms with Gasteiger partial charge in [-0.15, -0.1) is 0 Å². The second-order valence-electron chi connectivity index (χ2n) is 10.0. The third-order valence-electron chi connectivity index (χ3n) is 6.33. The number of nitrogen functional groups attached to an aromatic ring is 1. The first kappa shape index (κ1) is 26.2. The normalized spacial score (nSPS) is 18.1. The number of rotatable bonds is 9. The second kappa shape index (κ2) is 11.4. The highest BCUT2D eigenvalue weighted by molar-refractivity contribution is 7.96. The van der Waals surface area contributed by atoms with Crippen molar-refractivity contribution >= 4 is 40.6 Å². The highest BCUT2D eigenvalue weighted by Gasteiger charge is 2.29. The zero-order valence-electron chi connectivity index (χ0n) is 21.4. The van der Waals surface area contributed by atoms with E-state index in [0.717, 1.165) is 38.0 Å². The lowest BCUT2D eigenvalue weighted by Crippen LogP contribution is -2.33. The third kappa shape index (κ3) is 6.45. The van der Waals surface area contributed by atoms with Crippen LogP contribution in [0, 0.1) is 0 Å². The number of imidazole rings is 1. The predicted octanol–water partition coefficient (Wildman–Crippen LogP) is 4.18. The summed E-state index contributed by atoms with van der Waals surface area (Å²) in [5, 5.41) is 5.85. The fourth-order valence-corrected chi connectivity index (χ4v) is 4.90. The van der Waals surface area contributed by atoms with Crippen LogP contribution in [-0.4, -0.2) is 61.8 Å². The Labute approximate surface area is 216 Å². The number of urea groups is 1. The number of hydrogen-bond donors (Lipinski definition) is 3. The number of nitrogens with one attached hydrogen (secondary N) is 2. The van der Waals surface area contributed by atoms with Crippen molar-refractivity contribution in [2.45, 2.75) is 57.8 Å². The van der Waals surface area contributed by atoms with Gasteiger partial charge in [0.2, 0.25) is 0 Å². The molecule has 4 N–H and O–H groups in total. The number of nitrogens with two attached hydrogens (primary N) is 1. The second-order valence-corrected chi connectivity index (χ2v) is 10.9. The Hall–Kier alpha value is -2.89. The van der Waals surface area contributed by atoms with E-state index in [-0.39, 0.29) is 23.8 Å². The third-order valence-corrected chi connectivity index (χ3v) is 7.17. The fraction of sp³-hybridized carbons (Fsp3) is 0.520. The van der Waals surface area contributed by atoms with Crippen LogP contribution >= 0.6 is 11.9 Å². The molecule has 10 nitrogen and oxygen atoms in total. The molecule has 0 aliphatic carbocycles. The molecule has 3 aromatic rings. The number of aromatic nitrogens is 4. The standard InChI is InChI=1S/C25H36N8O2S/c1-25(2,3)17-6-8-18(9-7-17)31-24(34)27-12-5-13-32(36-4)14-19-10-11-20(35-19)33-16-30-21-22(26)28-15-29-23(21)33/h6-9,15-16,19-20H,5,10-14H2,1-4H3,(H2,26,28,29)(H2,27,31,34). The van der Waals surface area contributed by atoms with Gasteiger partial charge in [0.05, 0.1) is 12.4 Å². The minimum atomic E-state index is -0.187. The van der Waals surface area contributed by atoms with Crippen molar-refractivity contribution in [1.82, 2.24) is 29.1 Å². The first-order chi connectivity index (χ1) is 17.2. The molecule has 2 amide bonds. The Balaban J connectivity index is 1.18. The van der Waals surface area contributed by atoms with Gasteiger partial charge < -0.3 is 21.1 Å². The van der Waals surface area contributed by atoms with Crippen LogP contribution in [0.2, 0.25) is 0 Å². The van der Waals surface area contributed by atoms with Crippen molar-refractivity contribution < 1.29 is 9.53 Å². The molecule has 1 saturated heterocycles. The van der Waals surface area contributed by atoms with Crippen molar-refractivity contribution in [2.24, 2.45) is 0 Å². The van der Waals surface area contributed by atoms with Gasteiger partial charge in [0.15, 0.2) is 11.5 Å². The summed E-state index contributed by atoms with van der Waals surface area (Å²) in [5.41, 5.74) is 9.33. The summed E-state index contributed by atoms with van der Waals surface area (Å²) in [6.07, 6.45) is 7.94. The summed E-state index contributed by atoms with van der Waals surface area (Å²) in [7, 11) is 0. The maximum atomic E-state index is 12.3. The molecule has 194 valence electrons. The number of benzene rings is 1. The van der Waals surface area contributed by atoms with Crippen LogP contribution in [0.5, 0.6) is 0 Å². The predicted molar refractivity (Wildman–Crippen MR) is 145 cm³/mol. The zero-order chi connectivity index (χ0) is 25.7. The number of ether oxygens (including phenoxy) is 1. The van der Waals surface area contributed by atoms with E-state index >= 15 is 0 Å². The van der Waals surface area contributed by atoms with Crippen LogP contribution in [-0.2, 0) is 10.2 Å². The maximum absolute atomic E-state index is 12.3. The Morgan fingerprint density at radius 1 is 1.22 bits per heavy atom. The van der Waals surface area contributed by atoms with Crippen molar-refractivity contribution in [3.63, 3.8) is 0 Å². The summed E-state index contributed by atoms with van der Waals surface area (Å²) in [5.74, 6) is 0.377. The highest BCUT2D eigenvalue weighted by atomic mass is 32.2. The van der Waals surface area contributed by atoms with E-state index in [9.17, 15) is 4.79 Å². The van der Waals surface area contributed by atoms with E-state index in [0.29, 0.717) is 23.5 Å². The first-order valence-electron chi connectivity index (χ1n) is 12.3. The molecule has 1 aromatic carbocycles. The first-order valence-corrected chi connectivity index (χ1v) is 13.5. The lowest BCUT2D eigenvalue weighted by atomic mass is 9.87. The monoisotopic (exact) mass is 512 g/mol. The molecule has 2 aromatic heterocycles. The smallest absolute Gasteiger partial charge is 0.319 e. The van der Waals surface area contributed by atoms with Crippen molar-refractivity contribution in [3.8, 4) is 0 Å². The van der Waals surface area contributed by atoms with Crippen LogP contribution in [0.4, 0.5) is 16.3 Å². The summed E-state index contributed by atoms with van der Waals surface area (Å²) in [6.45, 7) is 8.77. The Bertz CT molecular complexity index is 1160. The van der Waals surface area contributed by atoms with Crippen molar-refractivity contribution in [2.75, 3.05) is 36.9 Å². The molecule has 36 heavy (non-hydrogen) atoms. The van der Waals surface area contributed by atoms with Crippen molar-refractivity contribution in [1.29, 1.82) is 0 Å². The van der Waals surface area contributed by atoms with Gasteiger partial charge in [-0.2, -0.15) is 0 Å². The molecule has 1 fully saturated rings. The zero-order valence-corrected chi connectivity index (χ0v) is 22.2. The number of anilines is 2. The Morgan fingerprint density at radius 3 is 2.72 bits per heavy atom. The molecule has 4 rings (SSSR count). The van der Waals surface area contributed by atoms with Gasteiger partial charge in [0.25, 0.3) is 0 Å². The summed E-state index contributed by atoms with van der Waals surface area (Å²) in [4.78, 5) is 24.9. The molecular weight excluding hydrogens is 476 g/mol. The number of nitrogens with zero attached hydrogens (tertiary/aromatic N) is 5. The van der Waals surface area contributed by atoms with E-state index in [1.807, 2.05) is 16.7 Å². The molecule has 2 unspecified atom stereocenters. The van der Waals surface area contributed by atoms with Gasteiger partial charge in [-0.1, -0.05) is 44.9 Å². The molecule has 0 spiro atoms. The van der Waals surface area contributed by atoms with Crippen LogP contribution < -0.4 is 16.4 Å². The quantitative estimate of drug-likeness (QED) is 0.288. The number of hydrogen-bond acceptors (Lipinski definition) is 8. The van der Waals surface area contributed by atoms with E-state index in [4.69, 9.17) is 10.5 Å². The molecule has 1 aliphatic heterocycles. The Kier molecular flexibility index (Phi) is 8.32. The largest absolute Gasteiger partial charge is 0.382 e. The van der Waals surface area contributed by atoms with Crippen LogP contribution in [0.3, 0.4) is 0 Å². The average molecular weight is 513 g/mol. The summed E-state index contributed by atoms with van der Waals surface area (Å²) >= 11 is 1.69. The Morgan fingerprint density at radius 2 is 2.00 bits per heavy atom. The number of amides is 2. The average Bonchev–Trinajstić information content (AvgIpc) is 3.48. The molecule has 1 aliphatic rings. The molecule has 0 saturated carbocycles. The van der Waals surface area contributed by atoms with Gasteiger partial charge >= 0.3 is 6.03 Å². The highest BCUT2D eigenvalue weighted by Crippen LogP contribution is 2.32. The van der Waals surface area contributed by atoms with Crippen LogP contribution in [0.25, 0.3) is 11.2 Å². The van der Waals surface area contributed by atoms with Gasteiger partial charge in [-0.3, -0.25) is 4.57 Å². The molecule has 11 heteroatoms. The van der Waals surface area contributed by atoms with Gasteiger partial charge in [-0.05, 0) is 48.6 Å². The topological polar surface area (TPSA) is 123 Å². The SMILES string of the molecule is CSN(CCCNC(=O)Nc1ccc(C(C)(C)C)cc1)CC1CCC(n2cnc3c(N)ncnc32)O1. The van der Waals surface area contributed by atoms with E-state index in [1.165, 1.54) is 11.9 Å². The number of carbonyl (C=O) groups excluding carboxylic acids is 1.